The van der Waals surface area contributed by atoms with Crippen LogP contribution in [0.5, 0.6) is 5.75 Å². The van der Waals surface area contributed by atoms with Gasteiger partial charge in [-0.3, -0.25) is 4.57 Å². The molecule has 1 aliphatic heterocycles. The summed E-state index contributed by atoms with van der Waals surface area (Å²) in [5.74, 6) is 1.68. The van der Waals surface area contributed by atoms with Crippen molar-refractivity contribution in [2.75, 3.05) is 23.0 Å². The second-order valence-electron chi connectivity index (χ2n) is 22.6. The zero-order valence-electron chi connectivity index (χ0n) is 46.1. The Labute approximate surface area is 427 Å². The predicted molar refractivity (Wildman–Crippen MR) is 301 cm³/mol. The van der Waals surface area contributed by atoms with Gasteiger partial charge in [0.15, 0.2) is 0 Å². The molecule has 0 amide bonds. The van der Waals surface area contributed by atoms with E-state index in [1.807, 2.05) is 12.3 Å². The summed E-state index contributed by atoms with van der Waals surface area (Å²) in [5, 5.41) is 2.32. The van der Waals surface area contributed by atoms with E-state index in [9.17, 15) is 0 Å². The Bertz CT molecular complexity index is 3480. The van der Waals surface area contributed by atoms with Gasteiger partial charge in [-0.2, -0.15) is 0 Å². The molecule has 5 heteroatoms. The zero-order valence-corrected chi connectivity index (χ0v) is 43.1. The largest absolute Gasteiger partial charge is 0.489 e. The van der Waals surface area contributed by atoms with E-state index in [0.29, 0.717) is 25.3 Å². The monoisotopic (exact) mass is 938 g/mol. The molecule has 10 rings (SSSR count). The maximum absolute atomic E-state index is 8.72. The van der Waals surface area contributed by atoms with Crippen LogP contribution in [0.25, 0.3) is 49.9 Å². The summed E-state index contributed by atoms with van der Waals surface area (Å²) < 4.78 is 35.1. The van der Waals surface area contributed by atoms with E-state index in [-0.39, 0.29) is 16.2 Å². The van der Waals surface area contributed by atoms with Crippen molar-refractivity contribution >= 4 is 38.9 Å². The Morgan fingerprint density at radius 3 is 2.04 bits per heavy atom. The highest BCUT2D eigenvalue weighted by molar-refractivity contribution is 6.10. The van der Waals surface area contributed by atoms with Crippen LogP contribution in [0.1, 0.15) is 113 Å². The molecule has 0 atom stereocenters. The first-order valence-corrected chi connectivity index (χ1v) is 25.4. The average molecular weight is 938 g/mol. The highest BCUT2D eigenvalue weighted by Crippen LogP contribution is 2.42. The van der Waals surface area contributed by atoms with E-state index in [1.54, 1.807) is 0 Å². The number of rotatable bonds is 12. The molecule has 0 N–H and O–H groups in total. The first-order chi connectivity index (χ1) is 35.2. The molecule has 0 saturated heterocycles. The molecule has 1 aliphatic rings. The lowest BCUT2D eigenvalue weighted by atomic mass is 9.81. The molecule has 71 heavy (non-hydrogen) atoms. The van der Waals surface area contributed by atoms with Crippen molar-refractivity contribution in [2.24, 2.45) is 0 Å². The number of para-hydroxylation sites is 2. The normalized spacial score (nSPS) is 13.9. The minimum Gasteiger partial charge on any atom is -0.489 e. The fraction of sp³-hybridized carbons (Fsp3) is 0.288. The first kappa shape index (κ1) is 43.9. The van der Waals surface area contributed by atoms with Crippen molar-refractivity contribution in [1.29, 1.82) is 0 Å². The van der Waals surface area contributed by atoms with E-state index in [4.69, 9.17) is 13.8 Å². The second kappa shape index (κ2) is 18.9. The van der Waals surface area contributed by atoms with Gasteiger partial charge < -0.3 is 14.5 Å². The Hall–Kier alpha value is -7.11. The number of hydrogen-bond donors (Lipinski definition) is 0. The van der Waals surface area contributed by atoms with Crippen LogP contribution >= 0.6 is 0 Å². The highest BCUT2D eigenvalue weighted by atomic mass is 16.5. The topological polar surface area (TPSA) is 33.5 Å². The SMILES string of the molecule is [2H]C([2H])([2H])c1cc(C(C)(C)C)cc(-c2ccc(C(C)(C)C)cc2)c1CCCCN1CN(c2cccc(COc3ccc4c5cc(-c6ccccc6)ccc5n(-c5cc(C(C)(C)C)ccn5)c4c3)c2)c2ccccc21. The molecule has 0 spiro atoms. The number of benzene rings is 7. The number of aryl methyl sites for hydroxylation is 1. The third kappa shape index (κ3) is 9.85. The number of aromatic nitrogens is 2. The van der Waals surface area contributed by atoms with Gasteiger partial charge in [-0.25, -0.2) is 4.98 Å². The molecule has 7 aromatic carbocycles. The molecule has 3 heterocycles. The molecular weight excluding hydrogens is 865 g/mol. The molecule has 0 saturated carbocycles. The van der Waals surface area contributed by atoms with E-state index >= 15 is 0 Å². The molecule has 0 radical (unpaired) electrons. The van der Waals surface area contributed by atoms with E-state index in [2.05, 4.69) is 234 Å². The fourth-order valence-corrected chi connectivity index (χ4v) is 10.2. The molecule has 2 aromatic heterocycles. The summed E-state index contributed by atoms with van der Waals surface area (Å²) in [7, 11) is 0. The number of fused-ring (bicyclic) bond motifs is 4. The summed E-state index contributed by atoms with van der Waals surface area (Å²) in [6.45, 7) is 19.6. The van der Waals surface area contributed by atoms with Gasteiger partial charge in [0.25, 0.3) is 0 Å². The van der Waals surface area contributed by atoms with Crippen molar-refractivity contribution in [2.45, 2.75) is 111 Å². The van der Waals surface area contributed by atoms with Crippen LogP contribution in [-0.2, 0) is 29.3 Å². The van der Waals surface area contributed by atoms with Crippen LogP contribution in [0.4, 0.5) is 17.1 Å². The maximum atomic E-state index is 8.72. The molecule has 9 aromatic rings. The summed E-state index contributed by atoms with van der Waals surface area (Å²) >= 11 is 0. The van der Waals surface area contributed by atoms with Gasteiger partial charge in [0, 0.05) is 39.4 Å². The summed E-state index contributed by atoms with van der Waals surface area (Å²) in [4.78, 5) is 9.79. The standard InChI is InChI=1S/C66H70N4O/c1-45-37-52(66(8,9)10)40-57(48-26-29-50(30-27-48)64(2,3)4)55(45)23-16-17-36-68-44-69(61-25-15-14-24-60(61)68)53-22-18-19-46(38-53)43-71-54-31-32-56-58-39-49(47-20-12-11-13-21-47)28-33-59(58)70(62(56)42-54)63-41-51(34-35-67-63)65(5,6)7/h11-15,18-22,24-35,37-42H,16-17,23,36,43-44H2,1-10H3/i1D3. The van der Waals surface area contributed by atoms with E-state index in [0.717, 1.165) is 80.9 Å². The van der Waals surface area contributed by atoms with Gasteiger partial charge in [0.1, 0.15) is 18.2 Å². The van der Waals surface area contributed by atoms with Crippen LogP contribution in [0.15, 0.2) is 170 Å². The van der Waals surface area contributed by atoms with Crippen molar-refractivity contribution in [3.05, 3.63) is 203 Å². The summed E-state index contributed by atoms with van der Waals surface area (Å²) in [6, 6.07) is 58.4. The van der Waals surface area contributed by atoms with Crippen LogP contribution in [0.2, 0.25) is 0 Å². The van der Waals surface area contributed by atoms with Crippen LogP contribution in [-0.4, -0.2) is 22.8 Å². The zero-order chi connectivity index (χ0) is 52.2. The number of ether oxygens (including phenoxy) is 1. The number of unbranched alkanes of at least 4 members (excludes halogenated alkanes) is 1. The molecular formula is C66H70N4O. The van der Waals surface area contributed by atoms with Crippen LogP contribution in [0.3, 0.4) is 0 Å². The molecule has 0 unspecified atom stereocenters. The fourth-order valence-electron chi connectivity index (χ4n) is 10.2. The minimum absolute atomic E-state index is 0.0224. The number of pyridine rings is 1. The lowest BCUT2D eigenvalue weighted by molar-refractivity contribution is 0.306. The highest BCUT2D eigenvalue weighted by Gasteiger charge is 2.27. The van der Waals surface area contributed by atoms with Gasteiger partial charge >= 0.3 is 0 Å². The average Bonchev–Trinajstić information content (AvgIpc) is 3.91. The van der Waals surface area contributed by atoms with Crippen molar-refractivity contribution in [3.63, 3.8) is 0 Å². The second-order valence-corrected chi connectivity index (χ2v) is 22.6. The van der Waals surface area contributed by atoms with Crippen molar-refractivity contribution in [3.8, 4) is 33.8 Å². The first-order valence-electron chi connectivity index (χ1n) is 26.9. The van der Waals surface area contributed by atoms with Gasteiger partial charge in [-0.15, -0.1) is 0 Å². The third-order valence-electron chi connectivity index (χ3n) is 14.4. The minimum atomic E-state index is -2.23. The molecule has 5 nitrogen and oxygen atoms in total. The van der Waals surface area contributed by atoms with E-state index in [1.165, 1.54) is 39.0 Å². The molecule has 360 valence electrons. The maximum Gasteiger partial charge on any atom is 0.137 e. The number of nitrogens with zero attached hydrogens (tertiary/aromatic N) is 4. The Morgan fingerprint density at radius 1 is 0.563 bits per heavy atom. The lowest BCUT2D eigenvalue weighted by Crippen LogP contribution is -2.28. The smallest absolute Gasteiger partial charge is 0.137 e. The van der Waals surface area contributed by atoms with Gasteiger partial charge in [-0.05, 0) is 159 Å². The molecule has 0 fully saturated rings. The number of anilines is 3. The van der Waals surface area contributed by atoms with Gasteiger partial charge in [-0.1, -0.05) is 159 Å². The Kier molecular flexibility index (Phi) is 11.7. The van der Waals surface area contributed by atoms with Gasteiger partial charge in [0.2, 0.25) is 0 Å². The molecule has 0 bridgehead atoms. The van der Waals surface area contributed by atoms with E-state index < -0.39 is 6.85 Å². The van der Waals surface area contributed by atoms with Gasteiger partial charge in [0.05, 0.1) is 29.1 Å². The Balaban J connectivity index is 0.878. The van der Waals surface area contributed by atoms with Crippen molar-refractivity contribution < 1.29 is 8.85 Å². The summed E-state index contributed by atoms with van der Waals surface area (Å²) in [5.41, 5.74) is 15.9. The van der Waals surface area contributed by atoms with Crippen LogP contribution in [0, 0.1) is 6.85 Å². The van der Waals surface area contributed by atoms with Crippen LogP contribution < -0.4 is 14.5 Å². The third-order valence-corrected chi connectivity index (χ3v) is 14.4. The van der Waals surface area contributed by atoms with Crippen molar-refractivity contribution in [1.82, 2.24) is 9.55 Å². The molecule has 0 aliphatic carbocycles. The number of hydrogen-bond acceptors (Lipinski definition) is 4. The summed E-state index contributed by atoms with van der Waals surface area (Å²) in [6.07, 6.45) is 4.38. The Morgan fingerprint density at radius 2 is 1.30 bits per heavy atom. The quantitative estimate of drug-likeness (QED) is 0.114. The lowest BCUT2D eigenvalue weighted by Gasteiger charge is -2.25. The predicted octanol–water partition coefficient (Wildman–Crippen LogP) is 17.2.